The molecule has 0 atom stereocenters. The number of H-pyrrole nitrogens is 1. The summed E-state index contributed by atoms with van der Waals surface area (Å²) in [5.74, 6) is -0.462. The van der Waals surface area contributed by atoms with Crippen molar-refractivity contribution in [2.75, 3.05) is 5.32 Å². The molecule has 0 aliphatic heterocycles. The van der Waals surface area contributed by atoms with E-state index in [-0.39, 0.29) is 5.69 Å². The molecule has 2 aromatic heterocycles. The fraction of sp³-hybridized carbons (Fsp3) is 0.0769. The smallest absolute Gasteiger partial charge is 0.346 e. The van der Waals surface area contributed by atoms with Crippen molar-refractivity contribution in [3.63, 3.8) is 0 Å². The highest BCUT2D eigenvalue weighted by molar-refractivity contribution is 6.13. The van der Waals surface area contributed by atoms with Crippen LogP contribution in [0.25, 0.3) is 21.8 Å². The van der Waals surface area contributed by atoms with E-state index in [0.29, 0.717) is 12.0 Å². The molecular weight excluding hydrogens is 427 g/mol. The van der Waals surface area contributed by atoms with E-state index in [9.17, 15) is 18.0 Å². The number of rotatable bonds is 4. The van der Waals surface area contributed by atoms with E-state index in [0.717, 1.165) is 45.1 Å². The summed E-state index contributed by atoms with van der Waals surface area (Å²) in [5, 5.41) is 5.25. The van der Waals surface area contributed by atoms with Gasteiger partial charge in [-0.1, -0.05) is 36.4 Å². The van der Waals surface area contributed by atoms with E-state index in [1.807, 2.05) is 42.6 Å². The first-order valence-electron chi connectivity index (χ1n) is 10.3. The van der Waals surface area contributed by atoms with Crippen molar-refractivity contribution in [2.24, 2.45) is 0 Å². The molecule has 3 aromatic carbocycles. The van der Waals surface area contributed by atoms with Crippen molar-refractivity contribution in [3.05, 3.63) is 107 Å². The van der Waals surface area contributed by atoms with Crippen LogP contribution in [0.1, 0.15) is 27.0 Å². The van der Waals surface area contributed by atoms with Crippen LogP contribution in [-0.4, -0.2) is 15.9 Å². The van der Waals surface area contributed by atoms with Crippen molar-refractivity contribution in [2.45, 2.75) is 12.6 Å². The second-order valence-corrected chi connectivity index (χ2v) is 7.78. The van der Waals surface area contributed by atoms with Gasteiger partial charge in [-0.25, -0.2) is 4.98 Å². The van der Waals surface area contributed by atoms with Crippen LogP contribution in [0, 0.1) is 0 Å². The van der Waals surface area contributed by atoms with Gasteiger partial charge in [-0.2, -0.15) is 13.2 Å². The number of aromatic nitrogens is 2. The Balaban J connectivity index is 1.43. The van der Waals surface area contributed by atoms with Crippen LogP contribution in [0.5, 0.6) is 0 Å². The monoisotopic (exact) mass is 445 g/mol. The number of hydrogen-bond donors (Lipinski definition) is 2. The second-order valence-electron chi connectivity index (χ2n) is 7.78. The zero-order chi connectivity index (χ0) is 23.0. The Morgan fingerprint density at radius 3 is 2.64 bits per heavy atom. The van der Waals surface area contributed by atoms with Gasteiger partial charge in [0.15, 0.2) is 0 Å². The molecule has 7 heteroatoms. The molecule has 0 unspecified atom stereocenters. The quantitative estimate of drug-likeness (QED) is 0.328. The Hall–Kier alpha value is -4.13. The van der Waals surface area contributed by atoms with Crippen LogP contribution in [0.3, 0.4) is 0 Å². The first kappa shape index (κ1) is 20.8. The number of alkyl halides is 3. The topological polar surface area (TPSA) is 57.8 Å². The summed E-state index contributed by atoms with van der Waals surface area (Å²) in [4.78, 5) is 20.3. The zero-order valence-corrected chi connectivity index (χ0v) is 17.3. The number of hydrogen-bond acceptors (Lipinski definition) is 2. The normalized spacial score (nSPS) is 11.7. The summed E-state index contributed by atoms with van der Waals surface area (Å²) in [5.41, 5.74) is 2.73. The maximum Gasteiger partial charge on any atom is 0.416 e. The average molecular weight is 445 g/mol. The third-order valence-electron chi connectivity index (χ3n) is 5.58. The fourth-order valence-corrected chi connectivity index (χ4v) is 4.00. The lowest BCUT2D eigenvalue weighted by molar-refractivity contribution is -0.137. The minimum atomic E-state index is -4.47. The number of nitrogens with one attached hydrogen (secondary N) is 2. The number of pyridine rings is 1. The summed E-state index contributed by atoms with van der Waals surface area (Å²) < 4.78 is 38.9. The van der Waals surface area contributed by atoms with Crippen LogP contribution >= 0.6 is 0 Å². The maximum absolute atomic E-state index is 13.0. The number of halogens is 3. The van der Waals surface area contributed by atoms with Crippen LogP contribution in [0.2, 0.25) is 0 Å². The van der Waals surface area contributed by atoms with Crippen molar-refractivity contribution in [3.8, 4) is 0 Å². The number of anilines is 1. The van der Waals surface area contributed by atoms with Gasteiger partial charge in [0, 0.05) is 29.0 Å². The first-order valence-corrected chi connectivity index (χ1v) is 10.3. The number of amides is 1. The molecule has 164 valence electrons. The minimum absolute atomic E-state index is 0.0941. The van der Waals surface area contributed by atoms with Gasteiger partial charge in [-0.05, 0) is 64.7 Å². The number of carbonyl (C=O) groups excluding carboxylic acids is 1. The molecule has 0 saturated carbocycles. The van der Waals surface area contributed by atoms with E-state index in [1.54, 1.807) is 18.3 Å². The van der Waals surface area contributed by atoms with Gasteiger partial charge >= 0.3 is 6.18 Å². The summed E-state index contributed by atoms with van der Waals surface area (Å²) >= 11 is 0. The molecule has 4 nitrogen and oxygen atoms in total. The Bertz CT molecular complexity index is 1490. The number of carbonyl (C=O) groups is 1. The van der Waals surface area contributed by atoms with E-state index >= 15 is 0 Å². The van der Waals surface area contributed by atoms with Gasteiger partial charge in [0.25, 0.3) is 5.91 Å². The Morgan fingerprint density at radius 1 is 0.939 bits per heavy atom. The molecule has 2 N–H and O–H groups in total. The van der Waals surface area contributed by atoms with E-state index in [2.05, 4.69) is 15.3 Å². The van der Waals surface area contributed by atoms with Gasteiger partial charge in [-0.3, -0.25) is 4.79 Å². The van der Waals surface area contributed by atoms with E-state index in [1.165, 1.54) is 12.1 Å². The molecule has 0 saturated heterocycles. The molecule has 0 aliphatic rings. The zero-order valence-electron chi connectivity index (χ0n) is 17.3. The Kier molecular flexibility index (Phi) is 5.09. The Labute approximate surface area is 187 Å². The van der Waals surface area contributed by atoms with Crippen molar-refractivity contribution >= 4 is 33.4 Å². The number of fused-ring (bicyclic) bond motifs is 2. The highest BCUT2D eigenvalue weighted by Crippen LogP contribution is 2.31. The summed E-state index contributed by atoms with van der Waals surface area (Å²) in [6, 6.07) is 19.8. The molecule has 0 spiro atoms. The Morgan fingerprint density at radius 2 is 1.79 bits per heavy atom. The highest BCUT2D eigenvalue weighted by Gasteiger charge is 2.30. The number of benzene rings is 3. The highest BCUT2D eigenvalue weighted by atomic mass is 19.4. The lowest BCUT2D eigenvalue weighted by Gasteiger charge is -2.12. The van der Waals surface area contributed by atoms with Gasteiger partial charge in [0.2, 0.25) is 0 Å². The molecule has 5 aromatic rings. The SMILES string of the molecule is O=C(Nc1cccc(C(F)(F)F)c1)c1cccc2cc(Cc3ccnc4[nH]ccc34)ccc12. The summed E-state index contributed by atoms with van der Waals surface area (Å²) in [6.07, 6.45) is -0.146. The van der Waals surface area contributed by atoms with Crippen molar-refractivity contribution in [1.82, 2.24) is 9.97 Å². The predicted molar refractivity (Wildman–Crippen MR) is 122 cm³/mol. The minimum Gasteiger partial charge on any atom is -0.346 e. The average Bonchev–Trinajstić information content (AvgIpc) is 3.28. The van der Waals surface area contributed by atoms with Crippen molar-refractivity contribution in [1.29, 1.82) is 0 Å². The fourth-order valence-electron chi connectivity index (χ4n) is 4.00. The molecule has 2 heterocycles. The molecule has 0 bridgehead atoms. The first-order chi connectivity index (χ1) is 15.9. The summed E-state index contributed by atoms with van der Waals surface area (Å²) in [7, 11) is 0. The third-order valence-corrected chi connectivity index (χ3v) is 5.58. The second kappa shape index (κ2) is 8.09. The molecule has 0 fully saturated rings. The van der Waals surface area contributed by atoms with E-state index < -0.39 is 17.6 Å². The van der Waals surface area contributed by atoms with Crippen LogP contribution in [0.15, 0.2) is 85.2 Å². The lowest BCUT2D eigenvalue weighted by Crippen LogP contribution is -2.13. The van der Waals surface area contributed by atoms with Gasteiger partial charge < -0.3 is 10.3 Å². The maximum atomic E-state index is 13.0. The largest absolute Gasteiger partial charge is 0.416 e. The van der Waals surface area contributed by atoms with Crippen LogP contribution in [-0.2, 0) is 12.6 Å². The van der Waals surface area contributed by atoms with E-state index in [4.69, 9.17) is 0 Å². The molecule has 0 radical (unpaired) electrons. The molecular formula is C26H18F3N3O. The standard InChI is InChI=1S/C26H18F3N3O/c27-26(28,29)19-4-2-5-20(15-19)32-25(33)23-6-1-3-17-13-16(7-8-21(17)23)14-18-9-11-30-24-22(18)10-12-31-24/h1-13,15H,14H2,(H,30,31)(H,32,33). The molecule has 1 amide bonds. The molecule has 33 heavy (non-hydrogen) atoms. The van der Waals surface area contributed by atoms with Gasteiger partial charge in [0.1, 0.15) is 5.65 Å². The van der Waals surface area contributed by atoms with Crippen LogP contribution in [0.4, 0.5) is 18.9 Å². The molecule has 0 aliphatic carbocycles. The third kappa shape index (κ3) is 4.17. The van der Waals surface area contributed by atoms with Crippen LogP contribution < -0.4 is 5.32 Å². The number of aromatic amines is 1. The van der Waals surface area contributed by atoms with Gasteiger partial charge in [0.05, 0.1) is 5.56 Å². The predicted octanol–water partition coefficient (Wildman–Crippen LogP) is 6.58. The van der Waals surface area contributed by atoms with Gasteiger partial charge in [-0.15, -0.1) is 0 Å². The summed E-state index contributed by atoms with van der Waals surface area (Å²) in [6.45, 7) is 0. The van der Waals surface area contributed by atoms with Crippen molar-refractivity contribution < 1.29 is 18.0 Å². The lowest BCUT2D eigenvalue weighted by atomic mass is 9.97. The molecule has 5 rings (SSSR count). The number of nitrogens with zero attached hydrogens (tertiary/aromatic N) is 1.